The number of fused-ring (bicyclic) bond motifs is 6. The predicted molar refractivity (Wildman–Crippen MR) is 175 cm³/mol. The number of aromatic nitrogens is 1. The van der Waals surface area contributed by atoms with E-state index in [4.69, 9.17) is 33.2 Å². The Morgan fingerprint density at radius 2 is 1.71 bits per heavy atom. The van der Waals surface area contributed by atoms with Crippen LogP contribution in [0.2, 0.25) is 0 Å². The van der Waals surface area contributed by atoms with Gasteiger partial charge in [0.15, 0.2) is 11.5 Å². The van der Waals surface area contributed by atoms with Crippen LogP contribution in [0.3, 0.4) is 0 Å². The number of piperidine rings is 1. The zero-order chi connectivity index (χ0) is 34.1. The van der Waals surface area contributed by atoms with Gasteiger partial charge in [0.25, 0.3) is 0 Å². The summed E-state index contributed by atoms with van der Waals surface area (Å²) in [6, 6.07) is 9.14. The molecule has 0 spiro atoms. The minimum absolute atomic E-state index is 0.0530. The molecule has 48 heavy (non-hydrogen) atoms. The van der Waals surface area contributed by atoms with Gasteiger partial charge in [0.1, 0.15) is 18.0 Å². The van der Waals surface area contributed by atoms with E-state index in [1.165, 1.54) is 57.2 Å². The number of nitrogens with one attached hydrogen (secondary N) is 1. The third-order valence-electron chi connectivity index (χ3n) is 10.2. The number of benzene rings is 2. The molecule has 3 heterocycles. The van der Waals surface area contributed by atoms with Crippen LogP contribution >= 0.6 is 0 Å². The molecule has 1 saturated carbocycles. The number of ether oxygens (including phenoxy) is 7. The second kappa shape index (κ2) is 14.1. The molecule has 2 fully saturated rings. The minimum Gasteiger partial charge on any atom is -0.497 e. The zero-order valence-corrected chi connectivity index (χ0v) is 28.3. The number of esters is 3. The smallest absolute Gasteiger partial charge is 0.338 e. The van der Waals surface area contributed by atoms with Gasteiger partial charge in [-0.2, -0.15) is 0 Å². The van der Waals surface area contributed by atoms with Gasteiger partial charge in [0.2, 0.25) is 5.75 Å². The highest BCUT2D eigenvalue weighted by molar-refractivity contribution is 5.92. The van der Waals surface area contributed by atoms with Gasteiger partial charge in [0.05, 0.1) is 46.0 Å². The van der Waals surface area contributed by atoms with Crippen molar-refractivity contribution in [2.75, 3.05) is 48.6 Å². The molecule has 0 amide bonds. The monoisotopic (exact) mass is 664 g/mol. The van der Waals surface area contributed by atoms with Crippen LogP contribution in [-0.2, 0) is 30.2 Å². The number of hydrogen-bond acceptors (Lipinski definition) is 11. The molecule has 1 aromatic heterocycles. The Kier molecular flexibility index (Phi) is 9.84. The summed E-state index contributed by atoms with van der Waals surface area (Å²) in [5, 5.41) is 1.20. The fourth-order valence-corrected chi connectivity index (χ4v) is 8.03. The molecule has 3 aromatic rings. The van der Waals surface area contributed by atoms with Crippen LogP contribution in [0.1, 0.15) is 60.3 Å². The molecule has 1 aliphatic carbocycles. The first kappa shape index (κ1) is 33.6. The van der Waals surface area contributed by atoms with E-state index in [2.05, 4.69) is 16.0 Å². The lowest BCUT2D eigenvalue weighted by Crippen LogP contribution is -2.58. The van der Waals surface area contributed by atoms with Crippen molar-refractivity contribution in [1.82, 2.24) is 9.88 Å². The summed E-state index contributed by atoms with van der Waals surface area (Å²) in [5.74, 6) is -0.903. The molecule has 6 rings (SSSR count). The van der Waals surface area contributed by atoms with E-state index in [1.807, 2.05) is 19.1 Å². The van der Waals surface area contributed by atoms with Gasteiger partial charge in [-0.15, -0.1) is 0 Å². The summed E-state index contributed by atoms with van der Waals surface area (Å²) < 4.78 is 39.3. The van der Waals surface area contributed by atoms with Crippen molar-refractivity contribution < 1.29 is 47.5 Å². The van der Waals surface area contributed by atoms with Gasteiger partial charge < -0.3 is 38.1 Å². The van der Waals surface area contributed by atoms with Crippen molar-refractivity contribution in [3.05, 3.63) is 47.2 Å². The van der Waals surface area contributed by atoms with Crippen molar-refractivity contribution in [3.63, 3.8) is 0 Å². The lowest BCUT2D eigenvalue weighted by molar-refractivity contribution is -0.176. The molecule has 2 aliphatic heterocycles. The number of carbonyl (C=O) groups is 3. The Morgan fingerprint density at radius 1 is 0.958 bits per heavy atom. The summed E-state index contributed by atoms with van der Waals surface area (Å²) >= 11 is 0. The van der Waals surface area contributed by atoms with E-state index >= 15 is 0 Å². The van der Waals surface area contributed by atoms with Gasteiger partial charge in [-0.25, -0.2) is 4.79 Å². The van der Waals surface area contributed by atoms with E-state index in [0.29, 0.717) is 12.8 Å². The second-order valence-electron chi connectivity index (χ2n) is 12.7. The standard InChI is InChI=1S/C36H44N2O10/c1-7-8-30(39)48-33-27(43-3)13-19(14-28(33)44-4)35(40)47-29-15-20-18-38-12-11-23-22-10-9-21(42-2)16-25(22)37-32(23)26(38)17-24(20)31(34(29)45-5)36(41)46-6/h9-10,13-14,16,20,24,26,29,31,34,37H,7-8,11-12,15,17-18H2,1-6H3. The third kappa shape index (κ3) is 6.07. The molecule has 0 bridgehead atoms. The zero-order valence-electron chi connectivity index (χ0n) is 28.3. The molecule has 0 radical (unpaired) electrons. The molecule has 12 heteroatoms. The van der Waals surface area contributed by atoms with Gasteiger partial charge in [-0.3, -0.25) is 14.5 Å². The SMILES string of the molecule is CCCC(=O)Oc1c(OC)cc(C(=O)OC2CC3CN4CCc5c([nH]c6cc(OC)ccc56)C4CC3C(C(=O)OC)C2OC)cc1OC. The number of aromatic amines is 1. The maximum Gasteiger partial charge on any atom is 0.338 e. The maximum atomic E-state index is 13.7. The second-order valence-corrected chi connectivity index (χ2v) is 12.7. The molecule has 258 valence electrons. The van der Waals surface area contributed by atoms with Crippen molar-refractivity contribution in [1.29, 1.82) is 0 Å². The van der Waals surface area contributed by atoms with Crippen LogP contribution in [0, 0.1) is 17.8 Å². The molecular weight excluding hydrogens is 620 g/mol. The van der Waals surface area contributed by atoms with E-state index < -0.39 is 30.1 Å². The average Bonchev–Trinajstić information content (AvgIpc) is 3.48. The van der Waals surface area contributed by atoms with Crippen LogP contribution in [0.4, 0.5) is 0 Å². The van der Waals surface area contributed by atoms with Crippen molar-refractivity contribution in [3.8, 4) is 23.0 Å². The highest BCUT2D eigenvalue weighted by atomic mass is 16.6. The normalized spacial score (nSPS) is 24.9. The first-order chi connectivity index (χ1) is 23.2. The molecule has 1 saturated heterocycles. The summed E-state index contributed by atoms with van der Waals surface area (Å²) in [4.78, 5) is 45.6. The number of H-pyrrole nitrogens is 1. The van der Waals surface area contributed by atoms with Gasteiger partial charge in [-0.1, -0.05) is 6.92 Å². The van der Waals surface area contributed by atoms with E-state index in [1.54, 1.807) is 7.11 Å². The molecule has 1 N–H and O–H groups in total. The molecular formula is C36H44N2O10. The summed E-state index contributed by atoms with van der Waals surface area (Å²) in [7, 11) is 7.41. The third-order valence-corrected chi connectivity index (χ3v) is 10.2. The largest absolute Gasteiger partial charge is 0.497 e. The fraction of sp³-hybridized carbons (Fsp3) is 0.528. The van der Waals surface area contributed by atoms with Gasteiger partial charge in [-0.05, 0) is 67.3 Å². The molecule has 6 atom stereocenters. The Hall–Kier alpha value is -4.29. The highest BCUT2D eigenvalue weighted by Gasteiger charge is 2.54. The lowest BCUT2D eigenvalue weighted by Gasteiger charge is -2.52. The summed E-state index contributed by atoms with van der Waals surface area (Å²) in [5.41, 5.74) is 3.68. The predicted octanol–water partition coefficient (Wildman–Crippen LogP) is 4.87. The number of rotatable bonds is 10. The van der Waals surface area contributed by atoms with Crippen molar-refractivity contribution >= 4 is 28.8 Å². The molecule has 12 nitrogen and oxygen atoms in total. The van der Waals surface area contributed by atoms with E-state index in [0.717, 1.165) is 37.2 Å². The quantitative estimate of drug-likeness (QED) is 0.235. The van der Waals surface area contributed by atoms with Crippen LogP contribution in [0.15, 0.2) is 30.3 Å². The van der Waals surface area contributed by atoms with Crippen molar-refractivity contribution in [2.24, 2.45) is 17.8 Å². The highest BCUT2D eigenvalue weighted by Crippen LogP contribution is 2.51. The van der Waals surface area contributed by atoms with Crippen LogP contribution in [0.5, 0.6) is 23.0 Å². The first-order valence-electron chi connectivity index (χ1n) is 16.5. The van der Waals surface area contributed by atoms with Crippen LogP contribution in [-0.4, -0.2) is 88.6 Å². The molecule has 6 unspecified atom stereocenters. The number of methoxy groups -OCH3 is 5. The maximum absolute atomic E-state index is 13.7. The number of carbonyl (C=O) groups excluding carboxylic acids is 3. The van der Waals surface area contributed by atoms with Gasteiger partial charge in [0, 0.05) is 49.3 Å². The van der Waals surface area contributed by atoms with Gasteiger partial charge >= 0.3 is 17.9 Å². The van der Waals surface area contributed by atoms with E-state index in [-0.39, 0.29) is 53.1 Å². The molecule has 2 aromatic carbocycles. The number of hydrogen-bond donors (Lipinski definition) is 1. The van der Waals surface area contributed by atoms with E-state index in [9.17, 15) is 14.4 Å². The van der Waals surface area contributed by atoms with Crippen LogP contribution in [0.25, 0.3) is 10.9 Å². The Bertz CT molecular complexity index is 1660. The summed E-state index contributed by atoms with van der Waals surface area (Å²) in [6.45, 7) is 3.50. The topological polar surface area (TPSA) is 135 Å². The fourth-order valence-electron chi connectivity index (χ4n) is 8.03. The molecule has 3 aliphatic rings. The summed E-state index contributed by atoms with van der Waals surface area (Å²) in [6.07, 6.45) is 1.55. The van der Waals surface area contributed by atoms with Crippen molar-refractivity contribution in [2.45, 2.75) is 57.3 Å². The Balaban J connectivity index is 1.27. The first-order valence-corrected chi connectivity index (χ1v) is 16.5. The number of nitrogens with zero attached hydrogens (tertiary/aromatic N) is 1. The Labute approximate surface area is 279 Å². The lowest BCUT2D eigenvalue weighted by atomic mass is 9.63. The Morgan fingerprint density at radius 3 is 2.35 bits per heavy atom. The minimum atomic E-state index is -0.720. The van der Waals surface area contributed by atoms with Crippen LogP contribution < -0.4 is 18.9 Å². The average molecular weight is 665 g/mol.